The molecular formula is CHO2Y. The molecule has 0 unspecified atom stereocenters. The van der Waals surface area contributed by atoms with Gasteiger partial charge >= 0.3 is 43.6 Å². The molecule has 0 rings (SSSR count). The monoisotopic (exact) mass is 134 g/mol. The van der Waals surface area contributed by atoms with Crippen LogP contribution in [0.2, 0.25) is 0 Å². The summed E-state index contributed by atoms with van der Waals surface area (Å²) in [6.07, 6.45) is 0. The Balaban J connectivity index is 2.80. The quantitative estimate of drug-likeness (QED) is 0.514. The van der Waals surface area contributed by atoms with Crippen molar-refractivity contribution in [2.75, 3.05) is 0 Å². The molecule has 4 heavy (non-hydrogen) atoms. The molecule has 0 saturated carbocycles. The minimum absolute atomic E-state index is 0.318. The Kier molecular flexibility index (Phi) is 2.12. The normalized spacial score (nSPS) is 5.75. The molecule has 0 aromatic carbocycles. The van der Waals surface area contributed by atoms with Crippen LogP contribution in [0.1, 0.15) is 0 Å². The Morgan fingerprint density at radius 1 is 2.00 bits per heavy atom. The average Bonchev–Trinajstić information content (AvgIpc) is 0.811. The SMILES string of the molecule is O=[C](O)[Y]. The van der Waals surface area contributed by atoms with Crippen molar-refractivity contribution >= 4 is 2.78 Å². The zero-order chi connectivity index (χ0) is 3.58. The van der Waals surface area contributed by atoms with Crippen molar-refractivity contribution in [3.8, 4) is 0 Å². The van der Waals surface area contributed by atoms with E-state index in [1.54, 1.807) is 0 Å². The first-order valence-electron chi connectivity index (χ1n) is 0.716. The van der Waals surface area contributed by atoms with Crippen molar-refractivity contribution in [1.82, 2.24) is 0 Å². The molecule has 0 heterocycles. The van der Waals surface area contributed by atoms with Crippen LogP contribution in [0.5, 0.6) is 0 Å². The molecule has 0 saturated heterocycles. The first kappa shape index (κ1) is 4.57. The van der Waals surface area contributed by atoms with Crippen molar-refractivity contribution < 1.29 is 40.9 Å². The number of carbonyl (C=O) groups is 1. The van der Waals surface area contributed by atoms with Gasteiger partial charge in [0.2, 0.25) is 0 Å². The van der Waals surface area contributed by atoms with Crippen LogP contribution >= 0.6 is 0 Å². The topological polar surface area (TPSA) is 37.3 Å². The van der Waals surface area contributed by atoms with Gasteiger partial charge in [0.25, 0.3) is 0 Å². The Hall–Kier alpha value is 0.574. The van der Waals surface area contributed by atoms with E-state index in [-0.39, 0.29) is 0 Å². The molecule has 0 radical (unpaired) electrons. The summed E-state index contributed by atoms with van der Waals surface area (Å²) in [5, 5.41) is 7.47. The maximum absolute atomic E-state index is 9.06. The number of carboxylic acid groups (broad SMARTS) is 1. The van der Waals surface area contributed by atoms with E-state index in [2.05, 4.69) is 0 Å². The number of hydrogen-bond donors (Lipinski definition) is 1. The summed E-state index contributed by atoms with van der Waals surface area (Å²) in [6, 6.07) is 0. The van der Waals surface area contributed by atoms with Crippen molar-refractivity contribution in [3.05, 3.63) is 0 Å². The standard InChI is InChI=1S/CHO2.Y/c2-1-3;/h(H,2,3);. The van der Waals surface area contributed by atoms with Crippen molar-refractivity contribution in [2.24, 2.45) is 0 Å². The molecule has 0 aromatic rings. The molecule has 0 fully saturated rings. The summed E-state index contributed by atoms with van der Waals surface area (Å²) >= 11 is 0.318. The average molecular weight is 134 g/mol. The second-order valence-corrected chi connectivity index (χ2v) is 1.55. The second-order valence-electron chi connectivity index (χ2n) is 0.338. The van der Waals surface area contributed by atoms with Crippen molar-refractivity contribution in [2.45, 2.75) is 0 Å². The predicted molar refractivity (Wildman–Crippen MR) is 8.02 cm³/mol. The molecule has 2 nitrogen and oxygen atoms in total. The Morgan fingerprint density at radius 2 is 2.00 bits per heavy atom. The third-order valence-corrected chi connectivity index (χ3v) is 0. The van der Waals surface area contributed by atoms with E-state index in [1.165, 1.54) is 0 Å². The number of rotatable bonds is 0. The van der Waals surface area contributed by atoms with Crippen LogP contribution in [0.4, 0.5) is 4.79 Å². The summed E-state index contributed by atoms with van der Waals surface area (Å²) < 4.78 is -0.703. The molecule has 0 aliphatic rings. The van der Waals surface area contributed by atoms with Crippen LogP contribution in [0.15, 0.2) is 0 Å². The van der Waals surface area contributed by atoms with E-state index >= 15 is 0 Å². The van der Waals surface area contributed by atoms with Gasteiger partial charge in [-0.3, -0.25) is 0 Å². The van der Waals surface area contributed by atoms with Gasteiger partial charge in [-0.15, -0.1) is 0 Å². The Bertz CT molecular complexity index is 29.0. The van der Waals surface area contributed by atoms with E-state index in [0.717, 1.165) is 0 Å². The molecule has 0 spiro atoms. The van der Waals surface area contributed by atoms with Gasteiger partial charge < -0.3 is 0 Å². The molecular weight excluding hydrogens is 133 g/mol. The summed E-state index contributed by atoms with van der Waals surface area (Å²) in [4.78, 5) is 9.06. The van der Waals surface area contributed by atoms with E-state index in [0.29, 0.717) is 31.0 Å². The van der Waals surface area contributed by atoms with Gasteiger partial charge in [0.05, 0.1) is 0 Å². The zero-order valence-corrected chi connectivity index (χ0v) is 4.77. The summed E-state index contributed by atoms with van der Waals surface area (Å²) in [6.45, 7) is 0. The third kappa shape index (κ3) is 19.4. The van der Waals surface area contributed by atoms with Crippen LogP contribution in [-0.4, -0.2) is 7.89 Å². The fourth-order valence-electron chi connectivity index (χ4n) is 0. The van der Waals surface area contributed by atoms with E-state index in [9.17, 15) is 0 Å². The summed E-state index contributed by atoms with van der Waals surface area (Å²) in [7, 11) is 0. The first-order valence-corrected chi connectivity index (χ1v) is 2.14. The van der Waals surface area contributed by atoms with Gasteiger partial charge in [-0.2, -0.15) is 0 Å². The van der Waals surface area contributed by atoms with E-state index in [1.807, 2.05) is 0 Å². The molecule has 0 aliphatic heterocycles. The van der Waals surface area contributed by atoms with Crippen molar-refractivity contribution in [3.63, 3.8) is 0 Å². The van der Waals surface area contributed by atoms with Crippen LogP contribution in [0, 0.1) is 0 Å². The van der Waals surface area contributed by atoms with Gasteiger partial charge in [-0.25, -0.2) is 0 Å². The predicted octanol–water partition coefficient (Wildman–Crippen LogP) is 0.211. The summed E-state index contributed by atoms with van der Waals surface area (Å²) in [5.74, 6) is 0. The van der Waals surface area contributed by atoms with Gasteiger partial charge in [-0.05, 0) is 0 Å². The first-order chi connectivity index (χ1) is 1.73. The van der Waals surface area contributed by atoms with Crippen LogP contribution in [0.25, 0.3) is 0 Å². The van der Waals surface area contributed by atoms with Crippen LogP contribution in [-0.2, 0) is 31.0 Å². The maximum atomic E-state index is 9.06. The van der Waals surface area contributed by atoms with E-state index in [4.69, 9.17) is 9.90 Å². The van der Waals surface area contributed by atoms with E-state index < -0.39 is 2.78 Å². The van der Waals surface area contributed by atoms with Gasteiger partial charge in [0, 0.05) is 0 Å². The molecule has 0 atom stereocenters. The Morgan fingerprint density at radius 3 is 2.00 bits per heavy atom. The second kappa shape index (κ2) is 1.85. The Labute approximate surface area is 43.6 Å². The van der Waals surface area contributed by atoms with Crippen LogP contribution < -0.4 is 0 Å². The molecule has 3 heteroatoms. The summed E-state index contributed by atoms with van der Waals surface area (Å²) in [5.41, 5.74) is 0. The van der Waals surface area contributed by atoms with Crippen LogP contribution in [0.3, 0.4) is 0 Å². The third-order valence-electron chi connectivity index (χ3n) is 0. The molecule has 0 bridgehead atoms. The van der Waals surface area contributed by atoms with Gasteiger partial charge in [0.1, 0.15) is 0 Å². The molecule has 0 aromatic heterocycles. The molecule has 0 aliphatic carbocycles. The van der Waals surface area contributed by atoms with Crippen molar-refractivity contribution in [1.29, 1.82) is 0 Å². The molecule has 20 valence electrons. The molecule has 1 N–H and O–H groups in total. The van der Waals surface area contributed by atoms with Gasteiger partial charge in [0.15, 0.2) is 0 Å². The molecule has 0 amide bonds. The fourth-order valence-corrected chi connectivity index (χ4v) is 0. The minimum atomic E-state index is -0.703. The van der Waals surface area contributed by atoms with Gasteiger partial charge in [-0.1, -0.05) is 0 Å². The zero-order valence-electron chi connectivity index (χ0n) is 1.93. The number of hydrogen-bond acceptors (Lipinski definition) is 1. The fraction of sp³-hybridized carbons (Fsp3) is 0.